The van der Waals surface area contributed by atoms with Crippen LogP contribution in [-0.4, -0.2) is 25.1 Å². The Balaban J connectivity index is 2.06. The molecule has 96 valence electrons. The number of nitrogens with one attached hydrogen (secondary N) is 1. The van der Waals surface area contributed by atoms with Crippen LogP contribution in [0.3, 0.4) is 0 Å². The molecule has 1 rings (SSSR count). The molecule has 0 heterocycles. The SMILES string of the molecule is CCCC(Cl)CNCCOc1ccc(Br)cc1. The Morgan fingerprint density at radius 1 is 1.35 bits per heavy atom. The fraction of sp³-hybridized carbons (Fsp3) is 0.538. The smallest absolute Gasteiger partial charge is 0.119 e. The highest BCUT2D eigenvalue weighted by molar-refractivity contribution is 9.10. The van der Waals surface area contributed by atoms with E-state index in [1.54, 1.807) is 0 Å². The first kappa shape index (κ1) is 14.8. The average molecular weight is 321 g/mol. The van der Waals surface area contributed by atoms with Gasteiger partial charge in [0, 0.05) is 22.9 Å². The molecule has 1 aromatic rings. The summed E-state index contributed by atoms with van der Waals surface area (Å²) in [7, 11) is 0. The zero-order valence-electron chi connectivity index (χ0n) is 10.1. The lowest BCUT2D eigenvalue weighted by molar-refractivity contribution is 0.314. The minimum Gasteiger partial charge on any atom is -0.492 e. The van der Waals surface area contributed by atoms with Gasteiger partial charge in [-0.2, -0.15) is 0 Å². The molecule has 4 heteroatoms. The van der Waals surface area contributed by atoms with Gasteiger partial charge in [0.1, 0.15) is 12.4 Å². The third kappa shape index (κ3) is 6.92. The van der Waals surface area contributed by atoms with Crippen molar-refractivity contribution in [1.82, 2.24) is 5.32 Å². The third-order valence-corrected chi connectivity index (χ3v) is 3.23. The summed E-state index contributed by atoms with van der Waals surface area (Å²) in [6.45, 7) is 4.48. The second kappa shape index (κ2) is 8.78. The van der Waals surface area contributed by atoms with E-state index in [-0.39, 0.29) is 5.38 Å². The molecule has 0 aromatic heterocycles. The molecule has 0 bridgehead atoms. The van der Waals surface area contributed by atoms with Crippen molar-refractivity contribution in [2.45, 2.75) is 25.1 Å². The van der Waals surface area contributed by atoms with E-state index in [0.717, 1.165) is 36.2 Å². The Morgan fingerprint density at radius 2 is 2.06 bits per heavy atom. The number of hydrogen-bond acceptors (Lipinski definition) is 2. The van der Waals surface area contributed by atoms with Crippen LogP contribution in [-0.2, 0) is 0 Å². The highest BCUT2D eigenvalue weighted by atomic mass is 79.9. The average Bonchev–Trinajstić information content (AvgIpc) is 2.31. The molecule has 0 spiro atoms. The zero-order valence-corrected chi connectivity index (χ0v) is 12.4. The van der Waals surface area contributed by atoms with E-state index in [0.29, 0.717) is 6.61 Å². The van der Waals surface area contributed by atoms with Gasteiger partial charge in [0.05, 0.1) is 0 Å². The van der Waals surface area contributed by atoms with Crippen molar-refractivity contribution in [2.75, 3.05) is 19.7 Å². The normalized spacial score (nSPS) is 12.4. The maximum Gasteiger partial charge on any atom is 0.119 e. The van der Waals surface area contributed by atoms with Crippen LogP contribution in [0.15, 0.2) is 28.7 Å². The van der Waals surface area contributed by atoms with Crippen molar-refractivity contribution in [3.05, 3.63) is 28.7 Å². The lowest BCUT2D eigenvalue weighted by atomic mass is 10.2. The number of hydrogen-bond donors (Lipinski definition) is 1. The van der Waals surface area contributed by atoms with Gasteiger partial charge in [-0.25, -0.2) is 0 Å². The Labute approximate surface area is 117 Å². The second-order valence-electron chi connectivity index (χ2n) is 3.89. The Hall–Kier alpha value is -0.250. The summed E-state index contributed by atoms with van der Waals surface area (Å²) >= 11 is 9.47. The molecule has 2 nitrogen and oxygen atoms in total. The van der Waals surface area contributed by atoms with Gasteiger partial charge in [0.2, 0.25) is 0 Å². The molecule has 1 atom stereocenters. The summed E-state index contributed by atoms with van der Waals surface area (Å²) in [6.07, 6.45) is 2.19. The maximum absolute atomic E-state index is 6.09. The molecule has 0 saturated heterocycles. The lowest BCUT2D eigenvalue weighted by Gasteiger charge is -2.10. The number of ether oxygens (including phenoxy) is 1. The minimum absolute atomic E-state index is 0.229. The predicted octanol–water partition coefficient (Wildman–Crippen LogP) is 3.83. The predicted molar refractivity (Wildman–Crippen MR) is 77.1 cm³/mol. The fourth-order valence-electron chi connectivity index (χ4n) is 1.45. The summed E-state index contributed by atoms with van der Waals surface area (Å²) in [5, 5.41) is 3.51. The topological polar surface area (TPSA) is 21.3 Å². The maximum atomic E-state index is 6.09. The van der Waals surface area contributed by atoms with Gasteiger partial charge in [0.15, 0.2) is 0 Å². The largest absolute Gasteiger partial charge is 0.492 e. The molecule has 0 saturated carbocycles. The van der Waals surface area contributed by atoms with Gasteiger partial charge in [-0.15, -0.1) is 11.6 Å². The van der Waals surface area contributed by atoms with Gasteiger partial charge in [-0.3, -0.25) is 0 Å². The number of alkyl halides is 1. The van der Waals surface area contributed by atoms with E-state index >= 15 is 0 Å². The summed E-state index contributed by atoms with van der Waals surface area (Å²) in [4.78, 5) is 0. The molecule has 0 fully saturated rings. The molecule has 1 N–H and O–H groups in total. The van der Waals surface area contributed by atoms with E-state index in [2.05, 4.69) is 28.2 Å². The molecule has 1 aromatic carbocycles. The zero-order chi connectivity index (χ0) is 12.5. The van der Waals surface area contributed by atoms with Crippen LogP contribution in [0.2, 0.25) is 0 Å². The van der Waals surface area contributed by atoms with Crippen LogP contribution in [0.4, 0.5) is 0 Å². The first-order valence-corrected chi connectivity index (χ1v) is 7.18. The Kier molecular flexibility index (Phi) is 7.65. The van der Waals surface area contributed by atoms with Crippen molar-refractivity contribution >= 4 is 27.5 Å². The molecule has 1 unspecified atom stereocenters. The highest BCUT2D eigenvalue weighted by Crippen LogP contribution is 2.15. The van der Waals surface area contributed by atoms with Crippen LogP contribution in [0, 0.1) is 0 Å². The van der Waals surface area contributed by atoms with Gasteiger partial charge < -0.3 is 10.1 Å². The van der Waals surface area contributed by atoms with Crippen molar-refractivity contribution in [3.63, 3.8) is 0 Å². The molecule has 17 heavy (non-hydrogen) atoms. The first-order chi connectivity index (χ1) is 8.22. The number of rotatable bonds is 8. The molecule has 0 aliphatic carbocycles. The quantitative estimate of drug-likeness (QED) is 0.581. The summed E-state index contributed by atoms with van der Waals surface area (Å²) in [6, 6.07) is 7.84. The van der Waals surface area contributed by atoms with E-state index in [9.17, 15) is 0 Å². The lowest BCUT2D eigenvalue weighted by Crippen LogP contribution is -2.27. The van der Waals surface area contributed by atoms with Crippen LogP contribution in [0.1, 0.15) is 19.8 Å². The summed E-state index contributed by atoms with van der Waals surface area (Å²) in [5.74, 6) is 0.894. The molecular formula is C13H19BrClNO. The van der Waals surface area contributed by atoms with Crippen LogP contribution >= 0.6 is 27.5 Å². The van der Waals surface area contributed by atoms with Gasteiger partial charge in [0.25, 0.3) is 0 Å². The van der Waals surface area contributed by atoms with E-state index in [1.807, 2.05) is 24.3 Å². The second-order valence-corrected chi connectivity index (χ2v) is 5.43. The Bertz CT molecular complexity index is 305. The van der Waals surface area contributed by atoms with Crippen LogP contribution in [0.5, 0.6) is 5.75 Å². The van der Waals surface area contributed by atoms with E-state index in [4.69, 9.17) is 16.3 Å². The van der Waals surface area contributed by atoms with Gasteiger partial charge >= 0.3 is 0 Å². The summed E-state index contributed by atoms with van der Waals surface area (Å²) < 4.78 is 6.64. The van der Waals surface area contributed by atoms with Crippen molar-refractivity contribution < 1.29 is 4.74 Å². The van der Waals surface area contributed by atoms with Gasteiger partial charge in [-0.05, 0) is 30.7 Å². The van der Waals surface area contributed by atoms with Crippen LogP contribution in [0.25, 0.3) is 0 Å². The van der Waals surface area contributed by atoms with Crippen molar-refractivity contribution in [2.24, 2.45) is 0 Å². The number of benzene rings is 1. The molecule has 0 aliphatic heterocycles. The summed E-state index contributed by atoms with van der Waals surface area (Å²) in [5.41, 5.74) is 0. The monoisotopic (exact) mass is 319 g/mol. The fourth-order valence-corrected chi connectivity index (χ4v) is 2.04. The Morgan fingerprint density at radius 3 is 2.71 bits per heavy atom. The van der Waals surface area contributed by atoms with Crippen LogP contribution < -0.4 is 10.1 Å². The first-order valence-electron chi connectivity index (χ1n) is 5.95. The highest BCUT2D eigenvalue weighted by Gasteiger charge is 2.01. The molecule has 0 radical (unpaired) electrons. The van der Waals surface area contributed by atoms with Gasteiger partial charge in [-0.1, -0.05) is 29.3 Å². The van der Waals surface area contributed by atoms with E-state index in [1.165, 1.54) is 0 Å². The van der Waals surface area contributed by atoms with Crippen molar-refractivity contribution in [1.29, 1.82) is 0 Å². The number of halogens is 2. The van der Waals surface area contributed by atoms with Crippen molar-refractivity contribution in [3.8, 4) is 5.75 Å². The minimum atomic E-state index is 0.229. The van der Waals surface area contributed by atoms with E-state index < -0.39 is 0 Å². The molecule has 0 amide bonds. The molecule has 0 aliphatic rings. The molecular weight excluding hydrogens is 302 g/mol. The standard InChI is InChI=1S/C13H19BrClNO/c1-2-3-12(15)10-16-8-9-17-13-6-4-11(14)5-7-13/h4-7,12,16H,2-3,8-10H2,1H3. The third-order valence-electron chi connectivity index (χ3n) is 2.33.